The van der Waals surface area contributed by atoms with E-state index >= 15 is 0 Å². The van der Waals surface area contributed by atoms with Crippen LogP contribution in [0.25, 0.3) is 0 Å². The fraction of sp³-hybridized carbons (Fsp3) is 0.875. The standard InChI is InChI=1S/C8H15O2/c1-2-6-3-4-7(9)8(10)5-6/h6-10H,1-5H2. The molecule has 0 aromatic heterocycles. The Morgan fingerprint density at radius 2 is 1.90 bits per heavy atom. The second kappa shape index (κ2) is 3.35. The van der Waals surface area contributed by atoms with Gasteiger partial charge in [0.2, 0.25) is 0 Å². The molecule has 0 bridgehead atoms. The first-order valence-electron chi connectivity index (χ1n) is 3.89. The predicted molar refractivity (Wildman–Crippen MR) is 39.3 cm³/mol. The zero-order valence-corrected chi connectivity index (χ0v) is 6.16. The van der Waals surface area contributed by atoms with Crippen molar-refractivity contribution in [2.75, 3.05) is 0 Å². The first kappa shape index (κ1) is 8.02. The topological polar surface area (TPSA) is 40.5 Å². The van der Waals surface area contributed by atoms with Gasteiger partial charge in [0.15, 0.2) is 0 Å². The normalized spacial score (nSPS) is 41.7. The Bertz CT molecular complexity index is 103. The molecular weight excluding hydrogens is 128 g/mol. The van der Waals surface area contributed by atoms with E-state index in [1.807, 2.05) is 0 Å². The summed E-state index contributed by atoms with van der Waals surface area (Å²) in [5, 5.41) is 18.3. The van der Waals surface area contributed by atoms with Crippen LogP contribution < -0.4 is 0 Å². The molecule has 1 aliphatic carbocycles. The van der Waals surface area contributed by atoms with Crippen molar-refractivity contribution in [3.05, 3.63) is 6.92 Å². The maximum Gasteiger partial charge on any atom is 0.0801 e. The summed E-state index contributed by atoms with van der Waals surface area (Å²) >= 11 is 0. The highest BCUT2D eigenvalue weighted by atomic mass is 16.3. The molecule has 2 nitrogen and oxygen atoms in total. The third kappa shape index (κ3) is 1.70. The average Bonchev–Trinajstić information content (AvgIpc) is 1.95. The largest absolute Gasteiger partial charge is 0.390 e. The fourth-order valence-electron chi connectivity index (χ4n) is 1.48. The van der Waals surface area contributed by atoms with Crippen molar-refractivity contribution >= 4 is 0 Å². The van der Waals surface area contributed by atoms with Gasteiger partial charge in [-0.3, -0.25) is 0 Å². The molecule has 10 heavy (non-hydrogen) atoms. The molecule has 0 aromatic carbocycles. The van der Waals surface area contributed by atoms with Crippen LogP contribution in [0.5, 0.6) is 0 Å². The van der Waals surface area contributed by atoms with E-state index < -0.39 is 12.2 Å². The first-order chi connectivity index (χ1) is 4.74. The third-order valence-corrected chi connectivity index (χ3v) is 2.30. The molecule has 2 heteroatoms. The van der Waals surface area contributed by atoms with Gasteiger partial charge in [-0.1, -0.05) is 13.3 Å². The molecule has 0 aromatic rings. The molecular formula is C8H15O2. The zero-order chi connectivity index (χ0) is 7.56. The Labute approximate surface area is 61.9 Å². The molecule has 1 aliphatic rings. The van der Waals surface area contributed by atoms with Gasteiger partial charge in [-0.15, -0.1) is 0 Å². The number of aliphatic hydroxyl groups excluding tert-OH is 2. The van der Waals surface area contributed by atoms with Crippen molar-refractivity contribution in [2.24, 2.45) is 5.92 Å². The van der Waals surface area contributed by atoms with Crippen LogP contribution in [0.15, 0.2) is 0 Å². The fourth-order valence-corrected chi connectivity index (χ4v) is 1.48. The summed E-state index contributed by atoms with van der Waals surface area (Å²) in [4.78, 5) is 0. The lowest BCUT2D eigenvalue weighted by Crippen LogP contribution is -2.33. The van der Waals surface area contributed by atoms with Gasteiger partial charge in [0.05, 0.1) is 12.2 Å². The third-order valence-electron chi connectivity index (χ3n) is 2.30. The first-order valence-corrected chi connectivity index (χ1v) is 3.89. The second-order valence-electron chi connectivity index (χ2n) is 3.10. The van der Waals surface area contributed by atoms with E-state index in [9.17, 15) is 5.11 Å². The lowest BCUT2D eigenvalue weighted by atomic mass is 9.84. The van der Waals surface area contributed by atoms with Gasteiger partial charge in [-0.2, -0.15) is 0 Å². The molecule has 0 aliphatic heterocycles. The summed E-state index contributed by atoms with van der Waals surface area (Å²) in [5.74, 6) is 0.526. The van der Waals surface area contributed by atoms with Gasteiger partial charge in [0.1, 0.15) is 0 Å². The van der Waals surface area contributed by atoms with Crippen LogP contribution in [-0.2, 0) is 0 Å². The summed E-state index contributed by atoms with van der Waals surface area (Å²) in [6, 6.07) is 0. The molecule has 1 fully saturated rings. The van der Waals surface area contributed by atoms with Gasteiger partial charge in [-0.25, -0.2) is 0 Å². The van der Waals surface area contributed by atoms with Crippen molar-refractivity contribution in [1.82, 2.24) is 0 Å². The summed E-state index contributed by atoms with van der Waals surface area (Å²) in [6.07, 6.45) is 2.38. The Kier molecular flexibility index (Phi) is 2.69. The molecule has 1 radical (unpaired) electrons. The van der Waals surface area contributed by atoms with Crippen LogP contribution >= 0.6 is 0 Å². The second-order valence-corrected chi connectivity index (χ2v) is 3.10. The van der Waals surface area contributed by atoms with Gasteiger partial charge >= 0.3 is 0 Å². The van der Waals surface area contributed by atoms with Gasteiger partial charge in [-0.05, 0) is 25.2 Å². The SMILES string of the molecule is [CH2]CC1CCC(O)C(O)C1. The van der Waals surface area contributed by atoms with Gasteiger partial charge in [0, 0.05) is 0 Å². The Morgan fingerprint density at radius 3 is 2.40 bits per heavy atom. The molecule has 0 spiro atoms. The summed E-state index contributed by atoms with van der Waals surface area (Å²) < 4.78 is 0. The summed E-state index contributed by atoms with van der Waals surface area (Å²) in [5.41, 5.74) is 0. The predicted octanol–water partition coefficient (Wildman–Crippen LogP) is 0.732. The van der Waals surface area contributed by atoms with E-state index in [2.05, 4.69) is 6.92 Å². The summed E-state index contributed by atoms with van der Waals surface area (Å²) in [7, 11) is 0. The lowest BCUT2D eigenvalue weighted by Gasteiger charge is -2.29. The molecule has 2 N–H and O–H groups in total. The summed E-state index contributed by atoms with van der Waals surface area (Å²) in [6.45, 7) is 3.78. The van der Waals surface area contributed by atoms with E-state index in [1.54, 1.807) is 0 Å². The van der Waals surface area contributed by atoms with Gasteiger partial charge < -0.3 is 10.2 Å². The van der Waals surface area contributed by atoms with Crippen LogP contribution in [0, 0.1) is 12.8 Å². The van der Waals surface area contributed by atoms with Crippen molar-refractivity contribution in [1.29, 1.82) is 0 Å². The Hall–Kier alpha value is -0.0800. The monoisotopic (exact) mass is 143 g/mol. The molecule has 0 heterocycles. The van der Waals surface area contributed by atoms with E-state index in [4.69, 9.17) is 5.11 Å². The highest BCUT2D eigenvalue weighted by Gasteiger charge is 2.25. The number of rotatable bonds is 1. The maximum absolute atomic E-state index is 9.20. The van der Waals surface area contributed by atoms with Crippen LogP contribution in [0.2, 0.25) is 0 Å². The molecule has 3 atom stereocenters. The van der Waals surface area contributed by atoms with Crippen LogP contribution in [0.1, 0.15) is 25.7 Å². The molecule has 1 rings (SSSR count). The number of hydrogen-bond acceptors (Lipinski definition) is 2. The number of aliphatic hydroxyl groups is 2. The van der Waals surface area contributed by atoms with E-state index in [0.717, 1.165) is 25.7 Å². The van der Waals surface area contributed by atoms with Gasteiger partial charge in [0.25, 0.3) is 0 Å². The lowest BCUT2D eigenvalue weighted by molar-refractivity contribution is -0.0249. The highest BCUT2D eigenvalue weighted by Crippen LogP contribution is 2.26. The quantitative estimate of drug-likeness (QED) is 0.568. The highest BCUT2D eigenvalue weighted by molar-refractivity contribution is 4.79. The zero-order valence-electron chi connectivity index (χ0n) is 6.16. The average molecular weight is 143 g/mol. The minimum Gasteiger partial charge on any atom is -0.390 e. The van der Waals surface area contributed by atoms with E-state index in [0.29, 0.717) is 5.92 Å². The van der Waals surface area contributed by atoms with E-state index in [1.165, 1.54) is 0 Å². The minimum atomic E-state index is -0.500. The van der Waals surface area contributed by atoms with Crippen molar-refractivity contribution < 1.29 is 10.2 Å². The van der Waals surface area contributed by atoms with Crippen molar-refractivity contribution in [3.63, 3.8) is 0 Å². The van der Waals surface area contributed by atoms with E-state index in [-0.39, 0.29) is 0 Å². The van der Waals surface area contributed by atoms with Crippen LogP contribution in [0.3, 0.4) is 0 Å². The Balaban J connectivity index is 2.33. The van der Waals surface area contributed by atoms with Crippen molar-refractivity contribution in [3.8, 4) is 0 Å². The smallest absolute Gasteiger partial charge is 0.0801 e. The molecule has 0 saturated heterocycles. The number of hydrogen-bond donors (Lipinski definition) is 2. The molecule has 59 valence electrons. The van der Waals surface area contributed by atoms with Crippen molar-refractivity contribution in [2.45, 2.75) is 37.9 Å². The Morgan fingerprint density at radius 1 is 1.20 bits per heavy atom. The van der Waals surface area contributed by atoms with Crippen LogP contribution in [-0.4, -0.2) is 22.4 Å². The van der Waals surface area contributed by atoms with Crippen LogP contribution in [0.4, 0.5) is 0 Å². The molecule has 0 amide bonds. The molecule has 3 unspecified atom stereocenters. The maximum atomic E-state index is 9.20. The molecule has 1 saturated carbocycles. The minimum absolute atomic E-state index is 0.484.